The zero-order chi connectivity index (χ0) is 24.3. The van der Waals surface area contributed by atoms with Gasteiger partial charge in [0, 0.05) is 25.6 Å². The second-order valence-corrected chi connectivity index (χ2v) is 10.9. The van der Waals surface area contributed by atoms with E-state index in [0.717, 1.165) is 31.7 Å². The van der Waals surface area contributed by atoms with Gasteiger partial charge in [0.2, 0.25) is 0 Å². The van der Waals surface area contributed by atoms with Gasteiger partial charge in [-0.05, 0) is 42.5 Å². The van der Waals surface area contributed by atoms with Crippen molar-refractivity contribution in [3.8, 4) is 5.75 Å². The van der Waals surface area contributed by atoms with E-state index in [1.54, 1.807) is 24.3 Å². The Labute approximate surface area is 200 Å². The molecule has 3 heterocycles. The Hall–Kier alpha value is -3.14. The number of benzene rings is 1. The Morgan fingerprint density at radius 3 is 2.85 bits per heavy atom. The topological polar surface area (TPSA) is 127 Å². The Morgan fingerprint density at radius 2 is 2.06 bits per heavy atom. The van der Waals surface area contributed by atoms with Gasteiger partial charge in [-0.25, -0.2) is 13.4 Å². The molecule has 1 amide bonds. The molecule has 2 aromatic rings. The normalized spacial score (nSPS) is 19.3. The third-order valence-electron chi connectivity index (χ3n) is 5.90. The second kappa shape index (κ2) is 10.0. The lowest BCUT2D eigenvalue weighted by Crippen LogP contribution is -2.38. The predicted molar refractivity (Wildman–Crippen MR) is 132 cm³/mol. The molecule has 0 radical (unpaired) electrons. The molecular formula is C24H31N5O4S. The van der Waals surface area contributed by atoms with Gasteiger partial charge in [-0.2, -0.15) is 0 Å². The first-order chi connectivity index (χ1) is 16.2. The number of rotatable bonds is 7. The molecule has 1 aromatic heterocycles. The molecule has 0 aliphatic carbocycles. The fraction of sp³-hybridized carbons (Fsp3) is 0.458. The minimum Gasteiger partial charge on any atom is -0.492 e. The molecule has 182 valence electrons. The molecule has 1 atom stereocenters. The van der Waals surface area contributed by atoms with E-state index in [1.807, 2.05) is 26.0 Å². The second-order valence-electron chi connectivity index (χ2n) is 9.24. The summed E-state index contributed by atoms with van der Waals surface area (Å²) in [5.74, 6) is 1.57. The summed E-state index contributed by atoms with van der Waals surface area (Å²) in [5.41, 5.74) is 7.53. The smallest absolute Gasteiger partial charge is 0.269 e. The van der Waals surface area contributed by atoms with Gasteiger partial charge in [0.1, 0.15) is 23.1 Å². The van der Waals surface area contributed by atoms with Gasteiger partial charge >= 0.3 is 0 Å². The number of ether oxygens (including phenoxy) is 1. The predicted octanol–water partition coefficient (Wildman–Crippen LogP) is 2.31. The lowest BCUT2D eigenvalue weighted by atomic mass is 9.98. The van der Waals surface area contributed by atoms with Crippen LogP contribution in [0.2, 0.25) is 0 Å². The number of carbonyl (C=O) groups excluding carboxylic acids is 1. The van der Waals surface area contributed by atoms with Gasteiger partial charge in [0.05, 0.1) is 17.9 Å². The molecule has 0 saturated carbocycles. The minimum atomic E-state index is -3.59. The SMILES string of the molecule is CC(C)CNC(=O)c1cccc(N2CCC[C@H](COc3cccc4c3C(N)=NS(=O)(=O)C4)C2)n1. The van der Waals surface area contributed by atoms with Crippen LogP contribution in [-0.2, 0) is 15.8 Å². The van der Waals surface area contributed by atoms with Crippen LogP contribution in [0.15, 0.2) is 40.8 Å². The fourth-order valence-electron chi connectivity index (χ4n) is 4.26. The largest absolute Gasteiger partial charge is 0.492 e. The number of carbonyl (C=O) groups is 1. The van der Waals surface area contributed by atoms with Crippen LogP contribution in [-0.4, -0.2) is 51.4 Å². The number of nitrogens with zero attached hydrogens (tertiary/aromatic N) is 3. The number of piperidine rings is 1. The number of hydrogen-bond donors (Lipinski definition) is 2. The number of amidine groups is 1. The van der Waals surface area contributed by atoms with E-state index in [9.17, 15) is 13.2 Å². The van der Waals surface area contributed by atoms with E-state index in [0.29, 0.717) is 41.6 Å². The third-order valence-corrected chi connectivity index (χ3v) is 7.05. The molecule has 1 saturated heterocycles. The third kappa shape index (κ3) is 5.67. The lowest BCUT2D eigenvalue weighted by Gasteiger charge is -2.33. The number of pyridine rings is 1. The van der Waals surface area contributed by atoms with E-state index >= 15 is 0 Å². The van der Waals surface area contributed by atoms with Crippen molar-refractivity contribution in [1.29, 1.82) is 0 Å². The maximum Gasteiger partial charge on any atom is 0.269 e. The molecule has 9 nitrogen and oxygen atoms in total. The summed E-state index contributed by atoms with van der Waals surface area (Å²) in [4.78, 5) is 19.2. The van der Waals surface area contributed by atoms with Crippen LogP contribution in [0.25, 0.3) is 0 Å². The summed E-state index contributed by atoms with van der Waals surface area (Å²) in [7, 11) is -3.59. The van der Waals surface area contributed by atoms with Crippen molar-refractivity contribution in [2.75, 3.05) is 31.1 Å². The van der Waals surface area contributed by atoms with E-state index in [1.165, 1.54) is 0 Å². The van der Waals surface area contributed by atoms with Crippen LogP contribution in [0.1, 0.15) is 48.3 Å². The molecule has 0 bridgehead atoms. The molecule has 4 rings (SSSR count). The monoisotopic (exact) mass is 485 g/mol. The van der Waals surface area contributed by atoms with Crippen LogP contribution in [0, 0.1) is 11.8 Å². The van der Waals surface area contributed by atoms with Crippen molar-refractivity contribution in [1.82, 2.24) is 10.3 Å². The van der Waals surface area contributed by atoms with E-state index in [2.05, 4.69) is 19.6 Å². The highest BCUT2D eigenvalue weighted by Crippen LogP contribution is 2.29. The number of fused-ring (bicyclic) bond motifs is 1. The van der Waals surface area contributed by atoms with Gasteiger partial charge in [-0.15, -0.1) is 4.40 Å². The average molecular weight is 486 g/mol. The molecule has 2 aliphatic heterocycles. The van der Waals surface area contributed by atoms with Gasteiger partial charge in [0.15, 0.2) is 0 Å². The number of anilines is 1. The highest BCUT2D eigenvalue weighted by Gasteiger charge is 2.27. The number of nitrogens with two attached hydrogens (primary N) is 1. The quantitative estimate of drug-likeness (QED) is 0.616. The van der Waals surface area contributed by atoms with Crippen molar-refractivity contribution in [2.24, 2.45) is 22.0 Å². The van der Waals surface area contributed by atoms with Crippen LogP contribution in [0.5, 0.6) is 5.75 Å². The van der Waals surface area contributed by atoms with E-state index in [-0.39, 0.29) is 23.4 Å². The molecule has 0 spiro atoms. The van der Waals surface area contributed by atoms with Gasteiger partial charge < -0.3 is 20.7 Å². The van der Waals surface area contributed by atoms with Crippen LogP contribution >= 0.6 is 0 Å². The number of nitrogens with one attached hydrogen (secondary N) is 1. The zero-order valence-electron chi connectivity index (χ0n) is 19.5. The molecule has 10 heteroatoms. The molecule has 1 fully saturated rings. The first-order valence-electron chi connectivity index (χ1n) is 11.5. The Balaban J connectivity index is 1.42. The number of amides is 1. The maximum absolute atomic E-state index is 12.4. The summed E-state index contributed by atoms with van der Waals surface area (Å²) in [6.07, 6.45) is 1.98. The van der Waals surface area contributed by atoms with Crippen molar-refractivity contribution in [3.05, 3.63) is 53.2 Å². The van der Waals surface area contributed by atoms with Crippen molar-refractivity contribution >= 4 is 27.6 Å². The Bertz CT molecular complexity index is 1200. The standard InChI is InChI=1S/C24H31N5O4S/c1-16(2)12-26-24(30)19-8-4-10-21(27-19)29-11-5-6-17(13-29)14-33-20-9-3-7-18-15-34(31,32)28-23(25)22(18)20/h3-4,7-10,16-17H,5-6,11-15H2,1-2H3,(H2,25,28)(H,26,30)/t17-/m0/s1. The highest BCUT2D eigenvalue weighted by molar-refractivity contribution is 7.89. The van der Waals surface area contributed by atoms with Crippen molar-refractivity contribution in [3.63, 3.8) is 0 Å². The zero-order valence-corrected chi connectivity index (χ0v) is 20.3. The van der Waals surface area contributed by atoms with E-state index < -0.39 is 10.0 Å². The molecule has 3 N–H and O–H groups in total. The molecule has 0 unspecified atom stereocenters. The van der Waals surface area contributed by atoms with Gasteiger partial charge in [-0.1, -0.05) is 32.0 Å². The first-order valence-corrected chi connectivity index (χ1v) is 13.2. The van der Waals surface area contributed by atoms with Crippen LogP contribution in [0.3, 0.4) is 0 Å². The van der Waals surface area contributed by atoms with Crippen molar-refractivity contribution in [2.45, 2.75) is 32.4 Å². The van der Waals surface area contributed by atoms with Crippen LogP contribution < -0.4 is 20.7 Å². The maximum atomic E-state index is 12.4. The van der Waals surface area contributed by atoms with Crippen molar-refractivity contribution < 1.29 is 17.9 Å². The molecular weight excluding hydrogens is 454 g/mol. The highest BCUT2D eigenvalue weighted by atomic mass is 32.2. The molecule has 2 aliphatic rings. The lowest BCUT2D eigenvalue weighted by molar-refractivity contribution is 0.0944. The fourth-order valence-corrected chi connectivity index (χ4v) is 5.35. The summed E-state index contributed by atoms with van der Waals surface area (Å²) >= 11 is 0. The number of aromatic nitrogens is 1. The summed E-state index contributed by atoms with van der Waals surface area (Å²) < 4.78 is 33.6. The summed E-state index contributed by atoms with van der Waals surface area (Å²) in [6.45, 7) is 6.78. The Morgan fingerprint density at radius 1 is 1.26 bits per heavy atom. The number of sulfonamides is 1. The Kier molecular flexibility index (Phi) is 7.06. The average Bonchev–Trinajstić information content (AvgIpc) is 2.80. The number of hydrogen-bond acceptors (Lipinski definition) is 7. The minimum absolute atomic E-state index is 0.0288. The van der Waals surface area contributed by atoms with E-state index in [4.69, 9.17) is 10.5 Å². The molecule has 1 aromatic carbocycles. The first kappa shape index (κ1) is 24.0. The summed E-state index contributed by atoms with van der Waals surface area (Å²) in [6, 6.07) is 10.8. The van der Waals surface area contributed by atoms with Gasteiger partial charge in [-0.3, -0.25) is 4.79 Å². The summed E-state index contributed by atoms with van der Waals surface area (Å²) in [5, 5.41) is 2.91. The van der Waals surface area contributed by atoms with Crippen LogP contribution in [0.4, 0.5) is 5.82 Å². The molecule has 34 heavy (non-hydrogen) atoms. The van der Waals surface area contributed by atoms with Gasteiger partial charge in [0.25, 0.3) is 15.9 Å².